The van der Waals surface area contributed by atoms with Crippen molar-refractivity contribution in [3.05, 3.63) is 0 Å². The quantitative estimate of drug-likeness (QED) is 0.187. The zero-order chi connectivity index (χ0) is 20.9. The fourth-order valence-electron chi connectivity index (χ4n) is 3.39. The molecule has 2 aliphatic heterocycles. The van der Waals surface area contributed by atoms with Crippen LogP contribution in [0.4, 0.5) is 0 Å². The monoisotopic (exact) mass is 541 g/mol. The molecule has 0 aromatic heterocycles. The number of carbonyl (C=O) groups is 1. The Morgan fingerprint density at radius 3 is 2.50 bits per heavy atom. The number of rotatable bonds is 10. The molecule has 9 nitrogen and oxygen atoms in total. The van der Waals surface area contributed by atoms with Crippen molar-refractivity contribution in [2.75, 3.05) is 93.4 Å². The highest BCUT2D eigenvalue weighted by Crippen LogP contribution is 2.14. The molecule has 0 aromatic carbocycles. The van der Waals surface area contributed by atoms with Gasteiger partial charge < -0.3 is 29.3 Å². The summed E-state index contributed by atoms with van der Waals surface area (Å²) in [7, 11) is 5.23. The van der Waals surface area contributed by atoms with Crippen LogP contribution in [0.2, 0.25) is 0 Å². The molecule has 0 spiro atoms. The summed E-state index contributed by atoms with van der Waals surface area (Å²) in [5, 5.41) is 3.47. The summed E-state index contributed by atoms with van der Waals surface area (Å²) in [6.07, 6.45) is 3.16. The SMILES string of the molecule is COCCCOC1CCN(C(=NCC(=O)N(C)C)NCCN2CCOCC2)CC1.I. The second kappa shape index (κ2) is 16.0. The number of ether oxygens (including phenoxy) is 3. The van der Waals surface area contributed by atoms with E-state index in [1.165, 1.54) is 0 Å². The number of carbonyl (C=O) groups excluding carboxylic acids is 1. The van der Waals surface area contributed by atoms with Crippen LogP contribution in [-0.4, -0.2) is 126 Å². The number of hydrogen-bond donors (Lipinski definition) is 1. The van der Waals surface area contributed by atoms with Crippen LogP contribution in [0.3, 0.4) is 0 Å². The van der Waals surface area contributed by atoms with Gasteiger partial charge in [0.25, 0.3) is 0 Å². The number of likely N-dealkylation sites (tertiary alicyclic amines) is 1. The lowest BCUT2D eigenvalue weighted by molar-refractivity contribution is -0.127. The predicted octanol–water partition coefficient (Wildman–Crippen LogP) is 0.488. The van der Waals surface area contributed by atoms with Gasteiger partial charge in [-0.2, -0.15) is 0 Å². The molecule has 10 heteroatoms. The van der Waals surface area contributed by atoms with Crippen LogP contribution in [0, 0.1) is 0 Å². The molecule has 1 N–H and O–H groups in total. The van der Waals surface area contributed by atoms with Crippen LogP contribution in [-0.2, 0) is 19.0 Å². The maximum Gasteiger partial charge on any atom is 0.243 e. The maximum absolute atomic E-state index is 12.0. The molecule has 2 fully saturated rings. The first kappa shape index (κ1) is 27.3. The molecule has 2 rings (SSSR count). The summed E-state index contributed by atoms with van der Waals surface area (Å²) in [4.78, 5) is 22.8. The number of likely N-dealkylation sites (N-methyl/N-ethyl adjacent to an activating group) is 1. The molecular weight excluding hydrogens is 501 g/mol. The van der Waals surface area contributed by atoms with E-state index in [0.29, 0.717) is 6.10 Å². The zero-order valence-corrected chi connectivity index (χ0v) is 21.1. The predicted molar refractivity (Wildman–Crippen MR) is 129 cm³/mol. The Morgan fingerprint density at radius 2 is 1.87 bits per heavy atom. The molecule has 0 saturated carbocycles. The van der Waals surface area contributed by atoms with Gasteiger partial charge in [0, 0.05) is 73.7 Å². The van der Waals surface area contributed by atoms with Gasteiger partial charge in [-0.3, -0.25) is 9.69 Å². The first-order valence-corrected chi connectivity index (χ1v) is 10.7. The van der Waals surface area contributed by atoms with Gasteiger partial charge in [-0.1, -0.05) is 0 Å². The Kier molecular flexibility index (Phi) is 14.6. The highest BCUT2D eigenvalue weighted by molar-refractivity contribution is 14.0. The molecule has 0 atom stereocenters. The van der Waals surface area contributed by atoms with E-state index in [1.807, 2.05) is 0 Å². The molecule has 0 aliphatic carbocycles. The van der Waals surface area contributed by atoms with Crippen LogP contribution in [0.5, 0.6) is 0 Å². The Morgan fingerprint density at radius 1 is 1.17 bits per heavy atom. The van der Waals surface area contributed by atoms with Gasteiger partial charge in [-0.15, -0.1) is 24.0 Å². The summed E-state index contributed by atoms with van der Waals surface area (Å²) >= 11 is 0. The standard InChI is InChI=1S/C20H39N5O4.HI/c1-23(2)19(26)17-22-20(21-7-10-24-11-15-28-16-12-24)25-8-5-18(6-9-25)29-14-4-13-27-3;/h18H,4-17H2,1-3H3,(H,21,22);1H. The molecule has 2 aliphatic rings. The number of halogens is 1. The van der Waals surface area contributed by atoms with Gasteiger partial charge in [0.15, 0.2) is 5.96 Å². The number of piperidine rings is 1. The minimum absolute atomic E-state index is 0. The largest absolute Gasteiger partial charge is 0.385 e. The summed E-state index contributed by atoms with van der Waals surface area (Å²) in [6, 6.07) is 0. The van der Waals surface area contributed by atoms with Gasteiger partial charge in [0.2, 0.25) is 5.91 Å². The number of aliphatic imine (C=N–C) groups is 1. The maximum atomic E-state index is 12.0. The van der Waals surface area contributed by atoms with Crippen molar-refractivity contribution in [3.63, 3.8) is 0 Å². The lowest BCUT2D eigenvalue weighted by atomic mass is 10.1. The van der Waals surface area contributed by atoms with Crippen LogP contribution >= 0.6 is 24.0 Å². The number of guanidine groups is 1. The van der Waals surface area contributed by atoms with Crippen LogP contribution < -0.4 is 5.32 Å². The van der Waals surface area contributed by atoms with Gasteiger partial charge in [-0.05, 0) is 19.3 Å². The lowest BCUT2D eigenvalue weighted by Gasteiger charge is -2.35. The molecule has 0 radical (unpaired) electrons. The Labute approximate surface area is 198 Å². The van der Waals surface area contributed by atoms with Crippen molar-refractivity contribution >= 4 is 35.8 Å². The third-order valence-corrected chi connectivity index (χ3v) is 5.27. The Hall–Kier alpha value is -0.690. The average molecular weight is 541 g/mol. The van der Waals surface area contributed by atoms with Crippen LogP contribution in [0.1, 0.15) is 19.3 Å². The number of nitrogens with one attached hydrogen (secondary N) is 1. The molecule has 176 valence electrons. The van der Waals surface area contributed by atoms with Gasteiger partial charge >= 0.3 is 0 Å². The van der Waals surface area contributed by atoms with Crippen LogP contribution in [0.25, 0.3) is 0 Å². The third kappa shape index (κ3) is 10.6. The summed E-state index contributed by atoms with van der Waals surface area (Å²) in [5.41, 5.74) is 0. The van der Waals surface area contributed by atoms with E-state index < -0.39 is 0 Å². The highest BCUT2D eigenvalue weighted by Gasteiger charge is 2.22. The number of amides is 1. The summed E-state index contributed by atoms with van der Waals surface area (Å²) in [5.74, 6) is 0.833. The van der Waals surface area contributed by atoms with E-state index >= 15 is 0 Å². The second-order valence-corrected chi connectivity index (χ2v) is 7.71. The van der Waals surface area contributed by atoms with Crippen LogP contribution in [0.15, 0.2) is 4.99 Å². The molecule has 30 heavy (non-hydrogen) atoms. The fourth-order valence-corrected chi connectivity index (χ4v) is 3.39. The minimum atomic E-state index is 0. The van der Waals surface area contributed by atoms with E-state index in [0.717, 1.165) is 90.9 Å². The van der Waals surface area contributed by atoms with E-state index in [2.05, 4.69) is 20.1 Å². The van der Waals surface area contributed by atoms with Crippen molar-refractivity contribution in [2.24, 2.45) is 4.99 Å². The lowest BCUT2D eigenvalue weighted by Crippen LogP contribution is -2.49. The number of nitrogens with zero attached hydrogens (tertiary/aromatic N) is 4. The summed E-state index contributed by atoms with van der Waals surface area (Å²) in [6.45, 7) is 8.72. The van der Waals surface area contributed by atoms with Gasteiger partial charge in [-0.25, -0.2) is 4.99 Å². The van der Waals surface area contributed by atoms with E-state index in [4.69, 9.17) is 14.2 Å². The van der Waals surface area contributed by atoms with Gasteiger partial charge in [0.1, 0.15) is 6.54 Å². The van der Waals surface area contributed by atoms with Crippen molar-refractivity contribution < 1.29 is 19.0 Å². The van der Waals surface area contributed by atoms with Crippen molar-refractivity contribution in [1.29, 1.82) is 0 Å². The van der Waals surface area contributed by atoms with Crippen molar-refractivity contribution in [2.45, 2.75) is 25.4 Å². The molecule has 2 saturated heterocycles. The number of methoxy groups -OCH3 is 1. The smallest absolute Gasteiger partial charge is 0.243 e. The average Bonchev–Trinajstić information content (AvgIpc) is 2.74. The Balaban J connectivity index is 0.00000450. The fraction of sp³-hybridized carbons (Fsp3) is 0.900. The van der Waals surface area contributed by atoms with Crippen molar-refractivity contribution in [3.8, 4) is 0 Å². The summed E-state index contributed by atoms with van der Waals surface area (Å²) < 4.78 is 16.4. The third-order valence-electron chi connectivity index (χ3n) is 5.27. The molecule has 0 bridgehead atoms. The molecule has 0 aromatic rings. The number of hydrogen-bond acceptors (Lipinski definition) is 6. The second-order valence-electron chi connectivity index (χ2n) is 7.71. The normalized spacial score (nSPS) is 18.8. The number of morpholine rings is 1. The van der Waals surface area contributed by atoms with E-state index in [9.17, 15) is 4.79 Å². The molecule has 1 amide bonds. The van der Waals surface area contributed by atoms with Crippen molar-refractivity contribution in [1.82, 2.24) is 20.0 Å². The zero-order valence-electron chi connectivity index (χ0n) is 18.8. The highest BCUT2D eigenvalue weighted by atomic mass is 127. The topological polar surface area (TPSA) is 78.9 Å². The first-order valence-electron chi connectivity index (χ1n) is 10.7. The van der Waals surface area contributed by atoms with E-state index in [1.54, 1.807) is 26.1 Å². The Bertz CT molecular complexity index is 496. The molecular formula is C20H40IN5O4. The first-order chi connectivity index (χ1) is 14.1. The van der Waals surface area contributed by atoms with E-state index in [-0.39, 0.29) is 36.4 Å². The molecule has 0 unspecified atom stereocenters. The molecule has 2 heterocycles. The minimum Gasteiger partial charge on any atom is -0.385 e. The van der Waals surface area contributed by atoms with Gasteiger partial charge in [0.05, 0.1) is 19.3 Å².